The highest BCUT2D eigenvalue weighted by Crippen LogP contribution is 2.20. The fraction of sp³-hybridized carbons (Fsp3) is 1.00. The zero-order chi connectivity index (χ0) is 13.5. The van der Waals surface area contributed by atoms with Gasteiger partial charge < -0.3 is 10.3 Å². The maximum atomic E-state index is 11.2. The lowest BCUT2D eigenvalue weighted by Gasteiger charge is -2.35. The Hall–Kier alpha value is -0.320. The molecule has 0 rings (SSSR count). The molecular weight excluding hydrogens is 234 g/mol. The quantitative estimate of drug-likeness (QED) is 0.375. The van der Waals surface area contributed by atoms with Crippen molar-refractivity contribution in [3.63, 3.8) is 0 Å². The standard InChI is InChI=1S/C9H20NO7/c1-6-8(3,11)15-17-10(12)14-9(4,7-2)16-13-5/h11H,6-7H2,1-5H3/q-1. The maximum absolute atomic E-state index is 11.2. The molecule has 0 bridgehead atoms. The van der Waals surface area contributed by atoms with Gasteiger partial charge in [0.1, 0.15) is 0 Å². The van der Waals surface area contributed by atoms with Gasteiger partial charge in [-0.2, -0.15) is 9.78 Å². The van der Waals surface area contributed by atoms with Gasteiger partial charge in [-0.25, -0.2) is 9.73 Å². The van der Waals surface area contributed by atoms with Gasteiger partial charge >= 0.3 is 0 Å². The van der Waals surface area contributed by atoms with Crippen molar-refractivity contribution in [1.82, 2.24) is 5.39 Å². The minimum atomic E-state index is -1.57. The Balaban J connectivity index is 4.11. The summed E-state index contributed by atoms with van der Waals surface area (Å²) in [5, 5.41) is 20.3. The van der Waals surface area contributed by atoms with Gasteiger partial charge in [0.05, 0.1) is 7.11 Å². The molecule has 0 aliphatic carbocycles. The first-order valence-corrected chi connectivity index (χ1v) is 5.25. The molecule has 0 spiro atoms. The van der Waals surface area contributed by atoms with Crippen molar-refractivity contribution in [3.8, 4) is 0 Å². The second kappa shape index (κ2) is 7.19. The molecule has 0 amide bonds. The molecule has 0 aromatic rings. The van der Waals surface area contributed by atoms with Crippen LogP contribution in [0.1, 0.15) is 40.5 Å². The lowest BCUT2D eigenvalue weighted by molar-refractivity contribution is -0.592. The van der Waals surface area contributed by atoms with Crippen LogP contribution in [0.5, 0.6) is 0 Å². The first-order chi connectivity index (χ1) is 7.78. The van der Waals surface area contributed by atoms with Crippen LogP contribution in [0.2, 0.25) is 0 Å². The van der Waals surface area contributed by atoms with Gasteiger partial charge in [0, 0.05) is 12.8 Å². The monoisotopic (exact) mass is 254 g/mol. The van der Waals surface area contributed by atoms with Crippen molar-refractivity contribution in [2.45, 2.75) is 52.1 Å². The van der Waals surface area contributed by atoms with E-state index in [4.69, 9.17) is 9.73 Å². The second-order valence-corrected chi connectivity index (χ2v) is 3.74. The zero-order valence-corrected chi connectivity index (χ0v) is 10.8. The van der Waals surface area contributed by atoms with Crippen LogP contribution in [0, 0.1) is 5.21 Å². The van der Waals surface area contributed by atoms with E-state index in [0.717, 1.165) is 0 Å². The van der Waals surface area contributed by atoms with Gasteiger partial charge in [-0.15, -0.1) is 4.99 Å². The van der Waals surface area contributed by atoms with E-state index in [1.807, 2.05) is 0 Å². The first-order valence-electron chi connectivity index (χ1n) is 5.25. The third kappa shape index (κ3) is 6.86. The Kier molecular flexibility index (Phi) is 7.05. The van der Waals surface area contributed by atoms with Gasteiger partial charge in [-0.05, 0) is 13.8 Å². The molecule has 104 valence electrons. The maximum Gasteiger partial charge on any atom is 0.219 e. The Labute approximate surface area is 100 Å². The first kappa shape index (κ1) is 16.7. The van der Waals surface area contributed by atoms with E-state index in [2.05, 4.69) is 14.8 Å². The van der Waals surface area contributed by atoms with E-state index in [1.165, 1.54) is 21.0 Å². The molecule has 8 heteroatoms. The SMILES string of the molecule is CCC(C)(O)OON([O-])OC(C)(CC)OOC. The van der Waals surface area contributed by atoms with Gasteiger partial charge in [0.2, 0.25) is 5.79 Å². The van der Waals surface area contributed by atoms with Gasteiger partial charge in [0.25, 0.3) is 0 Å². The molecule has 0 radical (unpaired) electrons. The summed E-state index contributed by atoms with van der Waals surface area (Å²) in [4.78, 5) is 22.6. The van der Waals surface area contributed by atoms with Gasteiger partial charge in [0.15, 0.2) is 5.79 Å². The van der Waals surface area contributed by atoms with Crippen molar-refractivity contribution >= 4 is 0 Å². The molecule has 2 atom stereocenters. The highest BCUT2D eigenvalue weighted by molar-refractivity contribution is 4.55. The molecule has 0 fully saturated rings. The van der Waals surface area contributed by atoms with Crippen LogP contribution in [0.4, 0.5) is 0 Å². The van der Waals surface area contributed by atoms with Crippen molar-refractivity contribution in [3.05, 3.63) is 5.21 Å². The largest absolute Gasteiger partial charge is 0.735 e. The molecule has 0 saturated heterocycles. The van der Waals surface area contributed by atoms with E-state index < -0.39 is 11.6 Å². The number of rotatable bonds is 9. The Morgan fingerprint density at radius 3 is 2.18 bits per heavy atom. The molecule has 17 heavy (non-hydrogen) atoms. The predicted molar refractivity (Wildman–Crippen MR) is 56.2 cm³/mol. The number of hydrogen-bond donors (Lipinski definition) is 1. The summed E-state index contributed by atoms with van der Waals surface area (Å²) in [6.07, 6.45) is 0.563. The average molecular weight is 254 g/mol. The lowest BCUT2D eigenvalue weighted by atomic mass is 10.2. The molecule has 0 aliphatic rings. The van der Waals surface area contributed by atoms with Crippen LogP contribution >= 0.6 is 0 Å². The smallest absolute Gasteiger partial charge is 0.219 e. The normalized spacial score (nSPS) is 19.1. The van der Waals surface area contributed by atoms with Crippen LogP contribution < -0.4 is 0 Å². The van der Waals surface area contributed by atoms with E-state index in [0.29, 0.717) is 6.42 Å². The van der Waals surface area contributed by atoms with E-state index in [9.17, 15) is 10.3 Å². The topological polar surface area (TPSA) is 92.7 Å². The minimum Gasteiger partial charge on any atom is -0.735 e. The predicted octanol–water partition coefficient (Wildman–Crippen LogP) is 1.40. The molecule has 1 N–H and O–H groups in total. The van der Waals surface area contributed by atoms with Crippen LogP contribution in [0.25, 0.3) is 0 Å². The molecule has 0 heterocycles. The molecule has 0 saturated carbocycles. The van der Waals surface area contributed by atoms with Crippen molar-refractivity contribution in [2.24, 2.45) is 0 Å². The van der Waals surface area contributed by atoms with Crippen molar-refractivity contribution in [2.75, 3.05) is 7.11 Å². The van der Waals surface area contributed by atoms with E-state index >= 15 is 0 Å². The summed E-state index contributed by atoms with van der Waals surface area (Å²) in [7, 11) is 1.28. The van der Waals surface area contributed by atoms with Crippen LogP contribution in [0.3, 0.4) is 0 Å². The van der Waals surface area contributed by atoms with Crippen LogP contribution in [0.15, 0.2) is 0 Å². The number of aliphatic hydroxyl groups is 1. The summed E-state index contributed by atoms with van der Waals surface area (Å²) < 4.78 is 0. The fourth-order valence-electron chi connectivity index (χ4n) is 0.657. The molecule has 8 nitrogen and oxygen atoms in total. The summed E-state index contributed by atoms with van der Waals surface area (Å²) in [6, 6.07) is 0. The second-order valence-electron chi connectivity index (χ2n) is 3.74. The molecule has 0 aliphatic heterocycles. The van der Waals surface area contributed by atoms with Gasteiger partial charge in [-0.3, -0.25) is 0 Å². The molecule has 2 unspecified atom stereocenters. The number of hydrogen-bond acceptors (Lipinski definition) is 8. The Morgan fingerprint density at radius 2 is 1.76 bits per heavy atom. The summed E-state index contributed by atoms with van der Waals surface area (Å²) in [5.74, 6) is -2.88. The Morgan fingerprint density at radius 1 is 1.18 bits per heavy atom. The van der Waals surface area contributed by atoms with E-state index in [1.54, 1.807) is 13.8 Å². The van der Waals surface area contributed by atoms with Gasteiger partial charge in [-0.1, -0.05) is 19.2 Å². The third-order valence-electron chi connectivity index (χ3n) is 2.10. The summed E-state index contributed by atoms with van der Waals surface area (Å²) in [6.45, 7) is 6.19. The lowest BCUT2D eigenvalue weighted by Crippen LogP contribution is -2.39. The van der Waals surface area contributed by atoms with Crippen molar-refractivity contribution in [1.29, 1.82) is 0 Å². The van der Waals surface area contributed by atoms with Crippen LogP contribution in [-0.2, 0) is 24.5 Å². The third-order valence-corrected chi connectivity index (χ3v) is 2.10. The highest BCUT2D eigenvalue weighted by Gasteiger charge is 2.28. The molecular formula is C9H20NO7-. The summed E-state index contributed by atoms with van der Waals surface area (Å²) in [5.41, 5.74) is 0. The Bertz CT molecular complexity index is 214. The fourth-order valence-corrected chi connectivity index (χ4v) is 0.657. The molecule has 0 aromatic heterocycles. The number of nitrogens with zero attached hydrogens (tertiary/aromatic N) is 1. The average Bonchev–Trinajstić information content (AvgIpc) is 2.27. The van der Waals surface area contributed by atoms with Crippen molar-refractivity contribution < 1.29 is 29.6 Å². The van der Waals surface area contributed by atoms with Crippen LogP contribution in [-0.4, -0.2) is 29.2 Å². The summed E-state index contributed by atoms with van der Waals surface area (Å²) >= 11 is 0. The molecule has 0 aromatic carbocycles. The highest BCUT2D eigenvalue weighted by atomic mass is 17.4. The minimum absolute atomic E-state index is 0.237. The van der Waals surface area contributed by atoms with E-state index in [-0.39, 0.29) is 11.8 Å². The zero-order valence-electron chi connectivity index (χ0n) is 10.8.